The molecule has 3 heteroatoms. The lowest BCUT2D eigenvalue weighted by Crippen LogP contribution is -2.62. The topological polar surface area (TPSA) is 41.3 Å². The van der Waals surface area contributed by atoms with Crippen molar-refractivity contribution in [3.8, 4) is 0 Å². The minimum atomic E-state index is 0.248. The van der Waals surface area contributed by atoms with Crippen molar-refractivity contribution in [1.82, 2.24) is 10.3 Å². The molecule has 1 saturated heterocycles. The number of likely N-dealkylation sites (tertiary alicyclic amines) is 1. The number of nitrogens with zero attached hydrogens (tertiary/aromatic N) is 1. The van der Waals surface area contributed by atoms with Crippen LogP contribution in [0.4, 0.5) is 0 Å². The quantitative estimate of drug-likeness (QED) is 0.552. The molecule has 0 radical (unpaired) electrons. The predicted molar refractivity (Wildman–Crippen MR) is 72.6 cm³/mol. The molecule has 0 aromatic rings. The molecule has 2 aliphatic rings. The van der Waals surface area contributed by atoms with E-state index >= 15 is 0 Å². The third-order valence-corrected chi connectivity index (χ3v) is 5.01. The first-order valence-corrected chi connectivity index (χ1v) is 7.42. The van der Waals surface area contributed by atoms with Crippen molar-refractivity contribution >= 4 is 0 Å². The van der Waals surface area contributed by atoms with E-state index in [-0.39, 0.29) is 5.54 Å². The molecule has 0 aromatic carbocycles. The van der Waals surface area contributed by atoms with E-state index in [9.17, 15) is 0 Å². The number of piperidine rings is 1. The van der Waals surface area contributed by atoms with Gasteiger partial charge in [-0.15, -0.1) is 0 Å². The zero-order chi connectivity index (χ0) is 12.3. The molecule has 0 bridgehead atoms. The average Bonchev–Trinajstić information content (AvgIpc) is 3.20. The van der Waals surface area contributed by atoms with Crippen LogP contribution in [-0.2, 0) is 0 Å². The lowest BCUT2D eigenvalue weighted by Gasteiger charge is -2.48. The number of nitrogens with one attached hydrogen (secondary N) is 1. The van der Waals surface area contributed by atoms with E-state index in [4.69, 9.17) is 5.84 Å². The molecule has 2 rings (SSSR count). The van der Waals surface area contributed by atoms with E-state index in [1.807, 2.05) is 0 Å². The number of hydrogen-bond acceptors (Lipinski definition) is 3. The molecule has 2 atom stereocenters. The van der Waals surface area contributed by atoms with Gasteiger partial charge < -0.3 is 0 Å². The average molecular weight is 239 g/mol. The van der Waals surface area contributed by atoms with Gasteiger partial charge in [-0.1, -0.05) is 26.2 Å². The Morgan fingerprint density at radius 1 is 1.29 bits per heavy atom. The van der Waals surface area contributed by atoms with E-state index in [2.05, 4.69) is 24.2 Å². The second-order valence-electron chi connectivity index (χ2n) is 6.16. The SMILES string of the molecule is CCC(C)(C(CC1CC1)NN)N1CCCCC1. The highest BCUT2D eigenvalue weighted by atomic mass is 15.3. The summed E-state index contributed by atoms with van der Waals surface area (Å²) in [5, 5.41) is 0. The summed E-state index contributed by atoms with van der Waals surface area (Å²) < 4.78 is 0. The minimum Gasteiger partial charge on any atom is -0.296 e. The molecular formula is C14H29N3. The lowest BCUT2D eigenvalue weighted by atomic mass is 9.83. The first-order valence-electron chi connectivity index (χ1n) is 7.42. The summed E-state index contributed by atoms with van der Waals surface area (Å²) in [6, 6.07) is 0.457. The van der Waals surface area contributed by atoms with Crippen LogP contribution >= 0.6 is 0 Å². The van der Waals surface area contributed by atoms with Crippen molar-refractivity contribution in [3.05, 3.63) is 0 Å². The molecule has 3 nitrogen and oxygen atoms in total. The van der Waals surface area contributed by atoms with E-state index in [0.717, 1.165) is 5.92 Å². The van der Waals surface area contributed by atoms with Gasteiger partial charge in [-0.25, -0.2) is 0 Å². The Morgan fingerprint density at radius 3 is 2.41 bits per heavy atom. The van der Waals surface area contributed by atoms with Gasteiger partial charge in [-0.3, -0.25) is 16.2 Å². The van der Waals surface area contributed by atoms with Crippen molar-refractivity contribution in [3.63, 3.8) is 0 Å². The van der Waals surface area contributed by atoms with E-state index in [1.165, 1.54) is 58.0 Å². The molecule has 3 N–H and O–H groups in total. The van der Waals surface area contributed by atoms with Crippen molar-refractivity contribution in [2.45, 2.75) is 70.4 Å². The van der Waals surface area contributed by atoms with Crippen LogP contribution in [0.1, 0.15) is 58.8 Å². The van der Waals surface area contributed by atoms with Gasteiger partial charge in [0.1, 0.15) is 0 Å². The molecule has 2 fully saturated rings. The Bertz CT molecular complexity index is 234. The highest BCUT2D eigenvalue weighted by molar-refractivity contribution is 4.98. The van der Waals surface area contributed by atoms with Crippen LogP contribution in [0.15, 0.2) is 0 Å². The van der Waals surface area contributed by atoms with Gasteiger partial charge in [-0.2, -0.15) is 0 Å². The van der Waals surface area contributed by atoms with Gasteiger partial charge in [0.15, 0.2) is 0 Å². The molecule has 1 aliphatic carbocycles. The van der Waals surface area contributed by atoms with Crippen molar-refractivity contribution in [2.24, 2.45) is 11.8 Å². The Kier molecular flexibility index (Phi) is 4.45. The van der Waals surface area contributed by atoms with Gasteiger partial charge in [0, 0.05) is 11.6 Å². The summed E-state index contributed by atoms with van der Waals surface area (Å²) in [5.41, 5.74) is 3.37. The first-order chi connectivity index (χ1) is 8.20. The summed E-state index contributed by atoms with van der Waals surface area (Å²) in [4.78, 5) is 2.68. The molecule has 1 aliphatic heterocycles. The fourth-order valence-electron chi connectivity index (χ4n) is 3.28. The van der Waals surface area contributed by atoms with Crippen LogP contribution in [0.2, 0.25) is 0 Å². The monoisotopic (exact) mass is 239 g/mol. The van der Waals surface area contributed by atoms with Crippen LogP contribution in [0, 0.1) is 5.92 Å². The van der Waals surface area contributed by atoms with Crippen molar-refractivity contribution < 1.29 is 0 Å². The maximum absolute atomic E-state index is 5.84. The van der Waals surface area contributed by atoms with Crippen LogP contribution in [-0.4, -0.2) is 29.6 Å². The summed E-state index contributed by atoms with van der Waals surface area (Å²) >= 11 is 0. The molecule has 2 unspecified atom stereocenters. The van der Waals surface area contributed by atoms with Crippen molar-refractivity contribution in [1.29, 1.82) is 0 Å². The standard InChI is InChI=1S/C14H29N3/c1-3-14(2,17-9-5-4-6-10-17)13(16-15)11-12-7-8-12/h12-13,16H,3-11,15H2,1-2H3. The second kappa shape index (κ2) is 5.68. The second-order valence-corrected chi connectivity index (χ2v) is 6.16. The Morgan fingerprint density at radius 2 is 1.94 bits per heavy atom. The van der Waals surface area contributed by atoms with Crippen LogP contribution in [0.25, 0.3) is 0 Å². The molecule has 0 aromatic heterocycles. The Balaban J connectivity index is 2.02. The van der Waals surface area contributed by atoms with E-state index in [1.54, 1.807) is 0 Å². The zero-order valence-corrected chi connectivity index (χ0v) is 11.5. The smallest absolute Gasteiger partial charge is 0.0394 e. The van der Waals surface area contributed by atoms with Gasteiger partial charge in [0.2, 0.25) is 0 Å². The number of rotatable bonds is 6. The van der Waals surface area contributed by atoms with Crippen LogP contribution in [0.3, 0.4) is 0 Å². The highest BCUT2D eigenvalue weighted by Crippen LogP contribution is 2.38. The molecule has 1 saturated carbocycles. The molecule has 1 heterocycles. The summed E-state index contributed by atoms with van der Waals surface area (Å²) in [7, 11) is 0. The summed E-state index contributed by atoms with van der Waals surface area (Å²) in [6.07, 6.45) is 9.40. The first kappa shape index (κ1) is 13.3. The van der Waals surface area contributed by atoms with E-state index < -0.39 is 0 Å². The summed E-state index contributed by atoms with van der Waals surface area (Å²) in [6.45, 7) is 7.23. The summed E-state index contributed by atoms with van der Waals surface area (Å²) in [5.74, 6) is 6.78. The van der Waals surface area contributed by atoms with Crippen LogP contribution < -0.4 is 11.3 Å². The van der Waals surface area contributed by atoms with Crippen molar-refractivity contribution in [2.75, 3.05) is 13.1 Å². The molecule has 17 heavy (non-hydrogen) atoms. The van der Waals surface area contributed by atoms with Gasteiger partial charge >= 0.3 is 0 Å². The number of hydrazine groups is 1. The minimum absolute atomic E-state index is 0.248. The third-order valence-electron chi connectivity index (χ3n) is 5.01. The molecule has 0 spiro atoms. The Hall–Kier alpha value is -0.120. The Labute approximate surface area is 106 Å². The lowest BCUT2D eigenvalue weighted by molar-refractivity contribution is 0.0384. The maximum Gasteiger partial charge on any atom is 0.0394 e. The fourth-order valence-corrected chi connectivity index (χ4v) is 3.28. The van der Waals surface area contributed by atoms with Crippen LogP contribution in [0.5, 0.6) is 0 Å². The molecule has 100 valence electrons. The normalized spacial score (nSPS) is 27.7. The predicted octanol–water partition coefficient (Wildman–Crippen LogP) is 2.27. The van der Waals surface area contributed by atoms with Gasteiger partial charge in [0.25, 0.3) is 0 Å². The van der Waals surface area contributed by atoms with Gasteiger partial charge in [-0.05, 0) is 51.6 Å². The van der Waals surface area contributed by atoms with Gasteiger partial charge in [0.05, 0.1) is 0 Å². The number of nitrogens with two attached hydrogens (primary N) is 1. The largest absolute Gasteiger partial charge is 0.296 e. The molecular weight excluding hydrogens is 210 g/mol. The third kappa shape index (κ3) is 3.01. The zero-order valence-electron chi connectivity index (χ0n) is 11.5. The molecule has 0 amide bonds. The van der Waals surface area contributed by atoms with E-state index in [0.29, 0.717) is 6.04 Å². The number of hydrogen-bond donors (Lipinski definition) is 2. The fraction of sp³-hybridized carbons (Fsp3) is 1.00. The maximum atomic E-state index is 5.84. The highest BCUT2D eigenvalue weighted by Gasteiger charge is 2.40.